The van der Waals surface area contributed by atoms with E-state index < -0.39 is 12.0 Å². The summed E-state index contributed by atoms with van der Waals surface area (Å²) in [5.74, 6) is -1.30. The lowest BCUT2D eigenvalue weighted by Gasteiger charge is -2.15. The van der Waals surface area contributed by atoms with Gasteiger partial charge in [0.1, 0.15) is 12.1 Å². The molecule has 4 N–H and O–H groups in total. The van der Waals surface area contributed by atoms with Crippen molar-refractivity contribution in [3.8, 4) is 0 Å². The maximum atomic E-state index is 12.7. The lowest BCUT2D eigenvalue weighted by molar-refractivity contribution is -0.147. The predicted molar refractivity (Wildman–Crippen MR) is 207 cm³/mol. The zero-order valence-electron chi connectivity index (χ0n) is 31.8. The van der Waals surface area contributed by atoms with Gasteiger partial charge in [0.05, 0.1) is 0 Å². The summed E-state index contributed by atoms with van der Waals surface area (Å²) in [4.78, 5) is 36.1. The molecular weight excluding hydrogens is 612 g/mol. The van der Waals surface area contributed by atoms with Crippen LogP contribution < -0.4 is 11.1 Å². The largest absolute Gasteiger partial charge is 0.480 e. The minimum Gasteiger partial charge on any atom is -0.480 e. The van der Waals surface area contributed by atoms with Crippen LogP contribution in [0.25, 0.3) is 0 Å². The number of amides is 1. The van der Waals surface area contributed by atoms with Crippen LogP contribution in [0, 0.1) is 0 Å². The van der Waals surface area contributed by atoms with E-state index >= 15 is 0 Å². The van der Waals surface area contributed by atoms with E-state index in [4.69, 9.17) is 10.5 Å². The number of carbonyl (C=O) groups excluding carboxylic acids is 2. The number of allylic oxidation sites excluding steroid dienone is 5. The van der Waals surface area contributed by atoms with E-state index in [9.17, 15) is 19.5 Å². The van der Waals surface area contributed by atoms with E-state index in [0.717, 1.165) is 77.0 Å². The number of hydrogen-bond acceptors (Lipinski definition) is 5. The molecule has 1 amide bonds. The Balaban J connectivity index is 4.28. The Bertz CT molecular complexity index is 869. The van der Waals surface area contributed by atoms with Gasteiger partial charge in [0.2, 0.25) is 5.91 Å². The van der Waals surface area contributed by atoms with Crippen molar-refractivity contribution < 1.29 is 24.2 Å². The van der Waals surface area contributed by atoms with Gasteiger partial charge in [-0.15, -0.1) is 0 Å². The molecule has 284 valence electrons. The lowest BCUT2D eigenvalue weighted by atomic mass is 10.0. The number of hydrogen-bond donors (Lipinski definition) is 3. The first kappa shape index (κ1) is 46.6. The topological polar surface area (TPSA) is 119 Å². The van der Waals surface area contributed by atoms with Crippen LogP contribution in [0.1, 0.15) is 194 Å². The van der Waals surface area contributed by atoms with Gasteiger partial charge in [0, 0.05) is 12.8 Å². The fraction of sp³-hybridized carbons (Fsp3) is 0.786. The van der Waals surface area contributed by atoms with E-state index in [1.165, 1.54) is 77.0 Å². The Morgan fingerprint density at radius 1 is 0.612 bits per heavy atom. The number of aliphatic carboxylic acids is 1. The molecule has 2 unspecified atom stereocenters. The van der Waals surface area contributed by atoms with Crippen molar-refractivity contribution in [2.24, 2.45) is 5.73 Å². The summed E-state index contributed by atoms with van der Waals surface area (Å²) in [6.45, 7) is 4.82. The number of nitrogens with two attached hydrogens (primary N) is 1. The third-order valence-corrected chi connectivity index (χ3v) is 8.95. The highest BCUT2D eigenvalue weighted by Gasteiger charge is 2.18. The van der Waals surface area contributed by atoms with Crippen LogP contribution in [-0.2, 0) is 19.1 Å². The Kier molecular flexibility index (Phi) is 35.0. The highest BCUT2D eigenvalue weighted by molar-refractivity contribution is 5.83. The van der Waals surface area contributed by atoms with Crippen molar-refractivity contribution in [2.45, 2.75) is 206 Å². The number of carboxylic acid groups (broad SMARTS) is 1. The summed E-state index contributed by atoms with van der Waals surface area (Å²) in [7, 11) is 0. The van der Waals surface area contributed by atoms with Gasteiger partial charge < -0.3 is 20.9 Å². The molecule has 0 aromatic rings. The molecule has 0 aliphatic carbocycles. The fourth-order valence-electron chi connectivity index (χ4n) is 5.91. The van der Waals surface area contributed by atoms with E-state index in [-0.39, 0.29) is 18.0 Å². The predicted octanol–water partition coefficient (Wildman–Crippen LogP) is 11.1. The van der Waals surface area contributed by atoms with Crippen LogP contribution >= 0.6 is 0 Å². The Morgan fingerprint density at radius 3 is 1.63 bits per heavy atom. The average molecular weight is 689 g/mol. The highest BCUT2D eigenvalue weighted by atomic mass is 16.5. The van der Waals surface area contributed by atoms with Crippen molar-refractivity contribution in [2.75, 3.05) is 6.54 Å². The second-order valence-electron chi connectivity index (χ2n) is 13.7. The van der Waals surface area contributed by atoms with Gasteiger partial charge in [0.25, 0.3) is 0 Å². The summed E-state index contributed by atoms with van der Waals surface area (Å²) >= 11 is 0. The van der Waals surface area contributed by atoms with Crippen molar-refractivity contribution >= 4 is 17.8 Å². The molecule has 0 aromatic carbocycles. The Hall–Kier alpha value is -2.41. The van der Waals surface area contributed by atoms with Crippen molar-refractivity contribution in [1.29, 1.82) is 0 Å². The van der Waals surface area contributed by atoms with Crippen LogP contribution in [0.3, 0.4) is 0 Å². The minimum absolute atomic E-state index is 0.0831. The smallest absolute Gasteiger partial charge is 0.326 e. The van der Waals surface area contributed by atoms with E-state index in [2.05, 4.69) is 55.6 Å². The normalized spacial score (nSPS) is 13.0. The van der Waals surface area contributed by atoms with Crippen molar-refractivity contribution in [3.05, 3.63) is 36.5 Å². The highest BCUT2D eigenvalue weighted by Crippen LogP contribution is 2.16. The third kappa shape index (κ3) is 33.8. The third-order valence-electron chi connectivity index (χ3n) is 8.95. The number of rotatable bonds is 36. The molecule has 0 rings (SSSR count). The van der Waals surface area contributed by atoms with Crippen LogP contribution in [0.15, 0.2) is 36.5 Å². The maximum absolute atomic E-state index is 12.7. The van der Waals surface area contributed by atoms with Gasteiger partial charge in [-0.05, 0) is 70.4 Å². The zero-order valence-corrected chi connectivity index (χ0v) is 31.8. The molecule has 0 spiro atoms. The summed E-state index contributed by atoms with van der Waals surface area (Å²) in [6.07, 6.45) is 42.1. The van der Waals surface area contributed by atoms with Gasteiger partial charge in [-0.1, -0.05) is 153 Å². The van der Waals surface area contributed by atoms with Gasteiger partial charge in [0.15, 0.2) is 0 Å². The molecule has 2 atom stereocenters. The summed E-state index contributed by atoms with van der Waals surface area (Å²) < 4.78 is 5.91. The molecule has 0 aliphatic heterocycles. The van der Waals surface area contributed by atoms with E-state index in [1.54, 1.807) is 0 Å². The molecule has 49 heavy (non-hydrogen) atoms. The van der Waals surface area contributed by atoms with Gasteiger partial charge in [-0.2, -0.15) is 0 Å². The van der Waals surface area contributed by atoms with E-state index in [1.807, 2.05) is 0 Å². The molecule has 0 radical (unpaired) electrons. The molecule has 0 heterocycles. The monoisotopic (exact) mass is 689 g/mol. The summed E-state index contributed by atoms with van der Waals surface area (Å²) in [6, 6.07) is -0.856. The summed E-state index contributed by atoms with van der Waals surface area (Å²) in [5, 5.41) is 11.9. The molecule has 0 aliphatic rings. The second kappa shape index (κ2) is 36.9. The number of ether oxygens (including phenoxy) is 1. The first-order valence-electron chi connectivity index (χ1n) is 20.3. The maximum Gasteiger partial charge on any atom is 0.326 e. The first-order valence-corrected chi connectivity index (χ1v) is 20.3. The molecule has 0 aromatic heterocycles. The zero-order chi connectivity index (χ0) is 36.0. The van der Waals surface area contributed by atoms with Crippen molar-refractivity contribution in [3.63, 3.8) is 0 Å². The van der Waals surface area contributed by atoms with Gasteiger partial charge >= 0.3 is 11.9 Å². The molecule has 0 saturated carbocycles. The quantitative estimate of drug-likeness (QED) is 0.0342. The van der Waals surface area contributed by atoms with Crippen LogP contribution in [0.5, 0.6) is 0 Å². The standard InChI is InChI=1S/C42H76N2O5/c1-3-5-7-9-11-13-14-15-16-17-18-20-26-30-36-41(46)49-38(32-27-23-19-12-10-8-6-4-2)33-28-24-21-22-25-29-35-40(45)44-39(42(47)48)34-31-37-43/h6,8,12,19,27,32,38-39H,3-5,7,9-11,13-18,20-26,28-31,33-37,43H2,1-2H3,(H,44,45)(H,47,48)/b8-6-,19-12-,32-27-. The molecular formula is C42H76N2O5. The SMILES string of the molecule is CC/C=C\C/C=C\C/C=C\C(CCCCCCCCC(=O)NC(CCCN)C(=O)O)OC(=O)CCCCCCCCCCCCCCCC. The Morgan fingerprint density at radius 2 is 1.10 bits per heavy atom. The first-order chi connectivity index (χ1) is 23.9. The van der Waals surface area contributed by atoms with Crippen LogP contribution in [-0.4, -0.2) is 41.6 Å². The molecule has 0 saturated heterocycles. The number of carbonyl (C=O) groups is 3. The molecule has 0 fully saturated rings. The number of carboxylic acids is 1. The summed E-state index contributed by atoms with van der Waals surface area (Å²) in [5.41, 5.74) is 5.46. The average Bonchev–Trinajstić information content (AvgIpc) is 3.08. The second-order valence-corrected chi connectivity index (χ2v) is 13.7. The Labute approximate surface area is 301 Å². The molecule has 7 nitrogen and oxygen atoms in total. The van der Waals surface area contributed by atoms with E-state index in [0.29, 0.717) is 32.2 Å². The van der Waals surface area contributed by atoms with Gasteiger partial charge in [-0.3, -0.25) is 9.59 Å². The van der Waals surface area contributed by atoms with Crippen LogP contribution in [0.4, 0.5) is 0 Å². The number of esters is 1. The molecule has 7 heteroatoms. The minimum atomic E-state index is -1.01. The lowest BCUT2D eigenvalue weighted by Crippen LogP contribution is -2.40. The fourth-order valence-corrected chi connectivity index (χ4v) is 5.91. The molecule has 0 bridgehead atoms. The van der Waals surface area contributed by atoms with Gasteiger partial charge in [-0.25, -0.2) is 4.79 Å². The number of nitrogens with one attached hydrogen (secondary N) is 1. The number of unbranched alkanes of at least 4 members (excludes halogenated alkanes) is 18. The van der Waals surface area contributed by atoms with Crippen molar-refractivity contribution in [1.82, 2.24) is 5.32 Å². The van der Waals surface area contributed by atoms with Crippen LogP contribution in [0.2, 0.25) is 0 Å².